The summed E-state index contributed by atoms with van der Waals surface area (Å²) in [6.45, 7) is 3.11. The maximum atomic E-state index is 14.5. The Morgan fingerprint density at radius 1 is 1.12 bits per heavy atom. The fraction of sp³-hybridized carbons (Fsp3) is 0.455. The van der Waals surface area contributed by atoms with E-state index < -0.39 is 23.3 Å². The average Bonchev–Trinajstić information content (AvgIpc) is 3.49. The zero-order chi connectivity index (χ0) is 22.9. The molecule has 4 rings (SSSR count). The molecular formula is C22H24F2N4O4. The zero-order valence-electron chi connectivity index (χ0n) is 17.6. The number of hydrogen-bond donors (Lipinski definition) is 1. The molecule has 1 saturated heterocycles. The number of hydrogen-bond acceptors (Lipinski definition) is 6. The van der Waals surface area contributed by atoms with Crippen LogP contribution in [0.4, 0.5) is 13.6 Å². The summed E-state index contributed by atoms with van der Waals surface area (Å²) in [4.78, 5) is 32.4. The zero-order valence-corrected chi connectivity index (χ0v) is 17.6. The van der Waals surface area contributed by atoms with Crippen molar-refractivity contribution in [1.29, 1.82) is 0 Å². The molecule has 2 fully saturated rings. The number of piperidine rings is 1. The third kappa shape index (κ3) is 4.95. The largest absolute Gasteiger partial charge is 0.487 e. The normalized spacial score (nSPS) is 17.7. The highest BCUT2D eigenvalue weighted by Crippen LogP contribution is 2.39. The highest BCUT2D eigenvalue weighted by molar-refractivity contribution is 5.88. The van der Waals surface area contributed by atoms with E-state index in [0.717, 1.165) is 25.0 Å². The Labute approximate surface area is 183 Å². The number of aromatic nitrogens is 2. The van der Waals surface area contributed by atoms with Crippen molar-refractivity contribution in [3.8, 4) is 16.9 Å². The van der Waals surface area contributed by atoms with E-state index in [2.05, 4.69) is 9.97 Å². The maximum absolute atomic E-state index is 14.5. The van der Waals surface area contributed by atoms with Crippen molar-refractivity contribution in [3.63, 3.8) is 0 Å². The molecule has 1 saturated carbocycles. The number of carbonyl (C=O) groups excluding carboxylic acids is 2. The van der Waals surface area contributed by atoms with Gasteiger partial charge in [-0.15, -0.1) is 0 Å². The molecule has 0 bridgehead atoms. The maximum Gasteiger partial charge on any atom is 0.410 e. The van der Waals surface area contributed by atoms with E-state index >= 15 is 0 Å². The lowest BCUT2D eigenvalue weighted by molar-refractivity contribution is 0.0453. The lowest BCUT2D eigenvalue weighted by atomic mass is 9.98. The van der Waals surface area contributed by atoms with E-state index in [1.807, 2.05) is 6.92 Å². The van der Waals surface area contributed by atoms with E-state index in [4.69, 9.17) is 15.2 Å². The Balaban J connectivity index is 1.33. The Morgan fingerprint density at radius 2 is 1.72 bits per heavy atom. The van der Waals surface area contributed by atoms with Crippen molar-refractivity contribution in [2.75, 3.05) is 19.7 Å². The number of amides is 2. The Hall–Kier alpha value is -3.30. The smallest absolute Gasteiger partial charge is 0.410 e. The Kier molecular flexibility index (Phi) is 5.94. The first-order valence-corrected chi connectivity index (χ1v) is 10.5. The van der Waals surface area contributed by atoms with Crippen molar-refractivity contribution >= 4 is 12.0 Å². The predicted molar refractivity (Wildman–Crippen MR) is 110 cm³/mol. The van der Waals surface area contributed by atoms with Crippen LogP contribution in [0, 0.1) is 17.6 Å². The summed E-state index contributed by atoms with van der Waals surface area (Å²) < 4.78 is 40.0. The van der Waals surface area contributed by atoms with Gasteiger partial charge in [-0.05, 0) is 56.2 Å². The van der Waals surface area contributed by atoms with Crippen LogP contribution in [0.2, 0.25) is 0 Å². The molecule has 32 heavy (non-hydrogen) atoms. The topological polar surface area (TPSA) is 108 Å². The number of primary amides is 1. The fourth-order valence-corrected chi connectivity index (χ4v) is 3.51. The van der Waals surface area contributed by atoms with Gasteiger partial charge in [0.1, 0.15) is 5.60 Å². The Morgan fingerprint density at radius 3 is 2.25 bits per heavy atom. The van der Waals surface area contributed by atoms with E-state index in [9.17, 15) is 18.4 Å². The molecule has 0 unspecified atom stereocenters. The summed E-state index contributed by atoms with van der Waals surface area (Å²) >= 11 is 0. The lowest BCUT2D eigenvalue weighted by Crippen LogP contribution is -2.41. The van der Waals surface area contributed by atoms with Crippen molar-refractivity contribution in [2.24, 2.45) is 11.7 Å². The molecule has 170 valence electrons. The molecule has 2 heterocycles. The van der Waals surface area contributed by atoms with E-state index in [1.54, 1.807) is 4.90 Å². The van der Waals surface area contributed by atoms with Gasteiger partial charge in [0.25, 0.3) is 5.91 Å². The first-order valence-electron chi connectivity index (χ1n) is 10.5. The van der Waals surface area contributed by atoms with Gasteiger partial charge in [-0.25, -0.2) is 23.5 Å². The van der Waals surface area contributed by atoms with Gasteiger partial charge in [-0.1, -0.05) is 0 Å². The molecule has 0 spiro atoms. The van der Waals surface area contributed by atoms with Gasteiger partial charge in [-0.2, -0.15) is 0 Å². The van der Waals surface area contributed by atoms with Gasteiger partial charge in [0, 0.05) is 31.0 Å². The molecular weight excluding hydrogens is 422 g/mol. The molecule has 8 nitrogen and oxygen atoms in total. The van der Waals surface area contributed by atoms with Crippen LogP contribution in [0.15, 0.2) is 24.5 Å². The standard InChI is InChI=1S/C22H24F2N4O4/c1-22(4-5-22)32-21(30)28-6-2-13(3-7-28)12-31-18-16(23)8-14(9-17(18)24)15-10-26-20(19(25)29)27-11-15/h8-11,13H,2-7,12H2,1H3,(H2,25,29). The molecule has 1 aromatic heterocycles. The molecule has 0 atom stereocenters. The molecule has 1 aromatic carbocycles. The monoisotopic (exact) mass is 446 g/mol. The van der Waals surface area contributed by atoms with Crippen molar-refractivity contribution in [3.05, 3.63) is 42.0 Å². The first kappa shape index (κ1) is 21.9. The molecule has 2 aromatic rings. The number of carbonyl (C=O) groups is 2. The van der Waals surface area contributed by atoms with Gasteiger partial charge < -0.3 is 20.1 Å². The summed E-state index contributed by atoms with van der Waals surface area (Å²) in [6.07, 6.45) is 5.35. The number of nitrogens with zero attached hydrogens (tertiary/aromatic N) is 3. The number of rotatable bonds is 6. The van der Waals surface area contributed by atoms with E-state index in [0.29, 0.717) is 31.5 Å². The van der Waals surface area contributed by atoms with Gasteiger partial charge in [0.2, 0.25) is 5.82 Å². The van der Waals surface area contributed by atoms with Crippen LogP contribution >= 0.6 is 0 Å². The van der Waals surface area contributed by atoms with Gasteiger partial charge in [-0.3, -0.25) is 4.79 Å². The Bertz CT molecular complexity index is 996. The molecule has 1 aliphatic carbocycles. The SMILES string of the molecule is CC1(OC(=O)N2CCC(COc3c(F)cc(-c4cnc(C(N)=O)nc4)cc3F)CC2)CC1. The number of ether oxygens (including phenoxy) is 2. The number of likely N-dealkylation sites (tertiary alicyclic amines) is 1. The highest BCUT2D eigenvalue weighted by atomic mass is 19.1. The van der Waals surface area contributed by atoms with Crippen LogP contribution in [-0.2, 0) is 4.74 Å². The molecule has 2 amide bonds. The fourth-order valence-electron chi connectivity index (χ4n) is 3.51. The second kappa shape index (κ2) is 8.68. The molecule has 2 aliphatic rings. The summed E-state index contributed by atoms with van der Waals surface area (Å²) in [7, 11) is 0. The van der Waals surface area contributed by atoms with Crippen LogP contribution < -0.4 is 10.5 Å². The summed E-state index contributed by atoms with van der Waals surface area (Å²) in [5, 5.41) is 0. The van der Waals surface area contributed by atoms with Gasteiger partial charge in [0.15, 0.2) is 17.4 Å². The van der Waals surface area contributed by atoms with E-state index in [1.165, 1.54) is 12.4 Å². The van der Waals surface area contributed by atoms with Crippen LogP contribution in [0.5, 0.6) is 5.75 Å². The third-order valence-electron chi connectivity index (χ3n) is 5.83. The van der Waals surface area contributed by atoms with Crippen LogP contribution in [0.3, 0.4) is 0 Å². The number of nitrogens with two attached hydrogens (primary N) is 1. The average molecular weight is 446 g/mol. The van der Waals surface area contributed by atoms with Gasteiger partial charge in [0.05, 0.1) is 6.61 Å². The predicted octanol–water partition coefficient (Wildman–Crippen LogP) is 3.30. The van der Waals surface area contributed by atoms with Crippen LogP contribution in [-0.4, -0.2) is 52.2 Å². The quantitative estimate of drug-likeness (QED) is 0.730. The van der Waals surface area contributed by atoms with Crippen LogP contribution in [0.1, 0.15) is 43.2 Å². The minimum Gasteiger partial charge on any atom is -0.487 e. The van der Waals surface area contributed by atoms with Crippen molar-refractivity contribution in [2.45, 2.75) is 38.2 Å². The second-order valence-electron chi connectivity index (χ2n) is 8.49. The lowest BCUT2D eigenvalue weighted by Gasteiger charge is -2.32. The number of benzene rings is 1. The minimum atomic E-state index is -0.849. The summed E-state index contributed by atoms with van der Waals surface area (Å²) in [5.74, 6) is -3.06. The van der Waals surface area contributed by atoms with Crippen molar-refractivity contribution < 1.29 is 27.8 Å². The van der Waals surface area contributed by atoms with E-state index in [-0.39, 0.29) is 35.6 Å². The second-order valence-corrected chi connectivity index (χ2v) is 8.49. The number of halogens is 2. The minimum absolute atomic E-state index is 0.0729. The molecule has 2 N–H and O–H groups in total. The van der Waals surface area contributed by atoms with Crippen LogP contribution in [0.25, 0.3) is 11.1 Å². The highest BCUT2D eigenvalue weighted by Gasteiger charge is 2.43. The molecule has 10 heteroatoms. The molecule has 1 aliphatic heterocycles. The molecule has 0 radical (unpaired) electrons. The first-order chi connectivity index (χ1) is 15.2. The summed E-state index contributed by atoms with van der Waals surface area (Å²) in [6, 6.07) is 2.25. The van der Waals surface area contributed by atoms with Crippen molar-refractivity contribution in [1.82, 2.24) is 14.9 Å². The third-order valence-corrected chi connectivity index (χ3v) is 5.83. The summed E-state index contributed by atoms with van der Waals surface area (Å²) in [5.41, 5.74) is 5.32. The van der Waals surface area contributed by atoms with Gasteiger partial charge >= 0.3 is 6.09 Å².